The van der Waals surface area contributed by atoms with Crippen LogP contribution in [-0.4, -0.2) is 17.0 Å². The van der Waals surface area contributed by atoms with Crippen LogP contribution >= 0.6 is 0 Å². The van der Waals surface area contributed by atoms with Gasteiger partial charge in [-0.15, -0.1) is 0 Å². The number of hydrogen-bond donors (Lipinski definition) is 3. The second-order valence-electron chi connectivity index (χ2n) is 8.37. The van der Waals surface area contributed by atoms with Gasteiger partial charge in [0.05, 0.1) is 11.6 Å². The molecule has 0 aromatic heterocycles. The van der Waals surface area contributed by atoms with Crippen molar-refractivity contribution < 1.29 is 14.7 Å². The molecule has 30 heavy (non-hydrogen) atoms. The van der Waals surface area contributed by atoms with Gasteiger partial charge in [-0.2, -0.15) is 0 Å². The predicted molar refractivity (Wildman–Crippen MR) is 118 cm³/mol. The molecule has 0 radical (unpaired) electrons. The first-order valence-electron chi connectivity index (χ1n) is 9.93. The monoisotopic (exact) mass is 400 g/mol. The standard InChI is InChI=1S/C25H24N2O3/c1-25(2)15-19-14-18(24(29)30)11-12-21(19)27-22(25)16-7-6-8-17(13-16)23(28)26-20-9-4-3-5-10-20/h3-14,22,27H,15H2,1-2H3,(H,26,28)(H,29,30). The molecular formula is C25H24N2O3. The zero-order valence-corrected chi connectivity index (χ0v) is 17.0. The molecule has 1 heterocycles. The molecule has 0 spiro atoms. The van der Waals surface area contributed by atoms with E-state index in [9.17, 15) is 14.7 Å². The summed E-state index contributed by atoms with van der Waals surface area (Å²) in [6.07, 6.45) is 0.738. The summed E-state index contributed by atoms with van der Waals surface area (Å²) in [6, 6.07) is 22.2. The smallest absolute Gasteiger partial charge is 0.335 e. The molecule has 1 unspecified atom stereocenters. The summed E-state index contributed by atoms with van der Waals surface area (Å²) in [6.45, 7) is 4.30. The largest absolute Gasteiger partial charge is 0.478 e. The van der Waals surface area contributed by atoms with Crippen LogP contribution < -0.4 is 10.6 Å². The summed E-state index contributed by atoms with van der Waals surface area (Å²) < 4.78 is 0. The summed E-state index contributed by atoms with van der Waals surface area (Å²) in [5, 5.41) is 15.8. The molecule has 5 heteroatoms. The van der Waals surface area contributed by atoms with E-state index in [0.717, 1.165) is 28.9 Å². The fraction of sp³-hybridized carbons (Fsp3) is 0.200. The quantitative estimate of drug-likeness (QED) is 0.550. The first kappa shape index (κ1) is 19.7. The van der Waals surface area contributed by atoms with Gasteiger partial charge in [-0.25, -0.2) is 4.79 Å². The van der Waals surface area contributed by atoms with Gasteiger partial charge < -0.3 is 15.7 Å². The highest BCUT2D eigenvalue weighted by Gasteiger charge is 2.36. The van der Waals surface area contributed by atoms with Crippen molar-refractivity contribution >= 4 is 23.3 Å². The summed E-state index contributed by atoms with van der Waals surface area (Å²) in [5.41, 5.74) is 4.43. The van der Waals surface area contributed by atoms with Crippen LogP contribution in [0.3, 0.4) is 0 Å². The Morgan fingerprint density at radius 1 is 0.967 bits per heavy atom. The minimum absolute atomic E-state index is 0.00912. The molecule has 1 amide bonds. The number of para-hydroxylation sites is 1. The number of benzene rings is 3. The average Bonchev–Trinajstić information content (AvgIpc) is 2.73. The number of rotatable bonds is 4. The number of nitrogens with one attached hydrogen (secondary N) is 2. The Balaban J connectivity index is 1.61. The van der Waals surface area contributed by atoms with Gasteiger partial charge in [0.1, 0.15) is 0 Å². The molecule has 5 nitrogen and oxygen atoms in total. The summed E-state index contributed by atoms with van der Waals surface area (Å²) in [7, 11) is 0. The summed E-state index contributed by atoms with van der Waals surface area (Å²) in [5.74, 6) is -1.07. The van der Waals surface area contributed by atoms with Gasteiger partial charge in [0.2, 0.25) is 0 Å². The van der Waals surface area contributed by atoms with Crippen molar-refractivity contribution in [2.24, 2.45) is 5.41 Å². The van der Waals surface area contributed by atoms with Crippen LogP contribution in [0.25, 0.3) is 0 Å². The second-order valence-corrected chi connectivity index (χ2v) is 8.37. The number of aromatic carboxylic acids is 1. The van der Waals surface area contributed by atoms with Gasteiger partial charge in [-0.05, 0) is 65.4 Å². The highest BCUT2D eigenvalue weighted by Crippen LogP contribution is 2.45. The summed E-state index contributed by atoms with van der Waals surface area (Å²) >= 11 is 0. The van der Waals surface area contributed by atoms with E-state index in [-0.39, 0.29) is 17.4 Å². The van der Waals surface area contributed by atoms with Gasteiger partial charge >= 0.3 is 5.97 Å². The van der Waals surface area contributed by atoms with Crippen molar-refractivity contribution in [2.75, 3.05) is 10.6 Å². The topological polar surface area (TPSA) is 78.4 Å². The minimum atomic E-state index is -0.921. The van der Waals surface area contributed by atoms with Crippen LogP contribution in [0.2, 0.25) is 0 Å². The summed E-state index contributed by atoms with van der Waals surface area (Å²) in [4.78, 5) is 24.0. The van der Waals surface area contributed by atoms with E-state index in [1.165, 1.54) is 0 Å². The molecule has 3 aromatic carbocycles. The molecule has 0 saturated heterocycles. The van der Waals surface area contributed by atoms with Crippen molar-refractivity contribution in [1.29, 1.82) is 0 Å². The first-order chi connectivity index (χ1) is 14.3. The van der Waals surface area contributed by atoms with Crippen molar-refractivity contribution in [3.05, 3.63) is 95.1 Å². The predicted octanol–water partition coefficient (Wildman–Crippen LogP) is 5.37. The number of carboxylic acids is 1. The molecule has 0 saturated carbocycles. The molecule has 0 bridgehead atoms. The van der Waals surface area contributed by atoms with Gasteiger partial charge in [0.25, 0.3) is 5.91 Å². The van der Waals surface area contributed by atoms with Crippen LogP contribution in [0, 0.1) is 5.41 Å². The molecule has 1 aliphatic heterocycles. The zero-order chi connectivity index (χ0) is 21.3. The lowest BCUT2D eigenvalue weighted by molar-refractivity contribution is 0.0696. The van der Waals surface area contributed by atoms with E-state index in [1.54, 1.807) is 12.1 Å². The highest BCUT2D eigenvalue weighted by atomic mass is 16.4. The number of anilines is 2. The number of fused-ring (bicyclic) bond motifs is 1. The van der Waals surface area contributed by atoms with E-state index in [1.807, 2.05) is 60.7 Å². The van der Waals surface area contributed by atoms with Crippen molar-refractivity contribution in [3.8, 4) is 0 Å². The van der Waals surface area contributed by atoms with Crippen molar-refractivity contribution in [2.45, 2.75) is 26.3 Å². The second kappa shape index (κ2) is 7.67. The Labute approximate surface area is 175 Å². The fourth-order valence-corrected chi connectivity index (χ4v) is 4.08. The molecule has 3 N–H and O–H groups in total. The molecule has 3 aromatic rings. The maximum atomic E-state index is 12.7. The fourth-order valence-electron chi connectivity index (χ4n) is 4.08. The Kier molecular flexibility index (Phi) is 5.04. The van der Waals surface area contributed by atoms with Crippen LogP contribution in [-0.2, 0) is 6.42 Å². The Bertz CT molecular complexity index is 1110. The third-order valence-electron chi connectivity index (χ3n) is 5.59. The lowest BCUT2D eigenvalue weighted by atomic mass is 9.72. The normalized spacial score (nSPS) is 16.8. The first-order valence-corrected chi connectivity index (χ1v) is 9.93. The maximum absolute atomic E-state index is 12.7. The Morgan fingerprint density at radius 3 is 2.47 bits per heavy atom. The molecule has 4 rings (SSSR count). The lowest BCUT2D eigenvalue weighted by Gasteiger charge is -2.41. The van der Waals surface area contributed by atoms with Crippen LogP contribution in [0.4, 0.5) is 11.4 Å². The van der Waals surface area contributed by atoms with Gasteiger partial charge in [0.15, 0.2) is 0 Å². The molecule has 152 valence electrons. The molecule has 0 fully saturated rings. The third-order valence-corrected chi connectivity index (χ3v) is 5.59. The Hall–Kier alpha value is -3.60. The number of hydrogen-bond acceptors (Lipinski definition) is 3. The Morgan fingerprint density at radius 2 is 1.73 bits per heavy atom. The number of carbonyl (C=O) groups is 2. The lowest BCUT2D eigenvalue weighted by Crippen LogP contribution is -2.35. The minimum Gasteiger partial charge on any atom is -0.478 e. The molecule has 1 aliphatic rings. The maximum Gasteiger partial charge on any atom is 0.335 e. The van der Waals surface area contributed by atoms with E-state index in [0.29, 0.717) is 11.1 Å². The number of carbonyl (C=O) groups excluding carboxylic acids is 1. The molecule has 1 atom stereocenters. The van der Waals surface area contributed by atoms with Gasteiger partial charge in [-0.3, -0.25) is 4.79 Å². The van der Waals surface area contributed by atoms with Gasteiger partial charge in [-0.1, -0.05) is 44.2 Å². The van der Waals surface area contributed by atoms with Gasteiger partial charge in [0, 0.05) is 16.9 Å². The third kappa shape index (κ3) is 3.92. The molecule has 0 aliphatic carbocycles. The van der Waals surface area contributed by atoms with E-state index in [4.69, 9.17) is 0 Å². The van der Waals surface area contributed by atoms with E-state index < -0.39 is 5.97 Å². The van der Waals surface area contributed by atoms with Crippen molar-refractivity contribution in [3.63, 3.8) is 0 Å². The zero-order valence-electron chi connectivity index (χ0n) is 17.0. The SMILES string of the molecule is CC1(C)Cc2cc(C(=O)O)ccc2NC1c1cccc(C(=O)Nc2ccccc2)c1. The van der Waals surface area contributed by atoms with E-state index >= 15 is 0 Å². The van der Waals surface area contributed by atoms with Crippen LogP contribution in [0.1, 0.15) is 51.7 Å². The van der Waals surface area contributed by atoms with Crippen LogP contribution in [0.5, 0.6) is 0 Å². The number of carboxylic acid groups (broad SMARTS) is 1. The molecular weight excluding hydrogens is 376 g/mol. The van der Waals surface area contributed by atoms with Crippen LogP contribution in [0.15, 0.2) is 72.8 Å². The highest BCUT2D eigenvalue weighted by molar-refractivity contribution is 6.04. The van der Waals surface area contributed by atoms with E-state index in [2.05, 4.69) is 24.5 Å². The number of amides is 1. The average molecular weight is 400 g/mol. The van der Waals surface area contributed by atoms with Crippen molar-refractivity contribution in [1.82, 2.24) is 0 Å².